The van der Waals surface area contributed by atoms with Crippen molar-refractivity contribution in [2.45, 2.75) is 55.4 Å². The van der Waals surface area contributed by atoms with Crippen molar-refractivity contribution in [3.63, 3.8) is 0 Å². The fourth-order valence-corrected chi connectivity index (χ4v) is 0.500. The molecule has 0 bridgehead atoms. The number of hydrogen-bond donors (Lipinski definition) is 0. The van der Waals surface area contributed by atoms with E-state index < -0.39 is 0 Å². The molecule has 0 aromatic rings. The molecule has 0 aliphatic rings. The summed E-state index contributed by atoms with van der Waals surface area (Å²) in [6.07, 6.45) is 4.27. The van der Waals surface area contributed by atoms with E-state index in [-0.39, 0.29) is 0 Å². The van der Waals surface area contributed by atoms with Crippen molar-refractivity contribution < 1.29 is 0 Å². The smallest absolute Gasteiger partial charge is 0.0203 e. The van der Waals surface area contributed by atoms with Crippen LogP contribution in [0.25, 0.3) is 0 Å². The van der Waals surface area contributed by atoms with Gasteiger partial charge in [0.1, 0.15) is 0 Å². The minimum atomic E-state index is 0.370. The van der Waals surface area contributed by atoms with E-state index in [9.17, 15) is 0 Å². The van der Waals surface area contributed by atoms with Gasteiger partial charge in [0.15, 0.2) is 0 Å². The summed E-state index contributed by atoms with van der Waals surface area (Å²) in [4.78, 5) is 0. The Labute approximate surface area is 73.7 Å². The summed E-state index contributed by atoms with van der Waals surface area (Å²) in [5, 5.41) is 0. The van der Waals surface area contributed by atoms with Crippen molar-refractivity contribution in [1.82, 2.24) is 0 Å². The van der Waals surface area contributed by atoms with E-state index in [1.807, 2.05) is 34.6 Å². The van der Waals surface area contributed by atoms with E-state index in [1.165, 1.54) is 0 Å². The van der Waals surface area contributed by atoms with E-state index in [1.54, 1.807) is 0 Å². The summed E-state index contributed by atoms with van der Waals surface area (Å²) in [5.41, 5.74) is 0.370. The molecule has 0 amide bonds. The van der Waals surface area contributed by atoms with Gasteiger partial charge in [0.05, 0.1) is 0 Å². The molecule has 0 heteroatoms. The predicted molar refractivity (Wildman–Crippen MR) is 57.0 cm³/mol. The van der Waals surface area contributed by atoms with Crippen LogP contribution in [0.1, 0.15) is 55.4 Å². The Balaban J connectivity index is -0.000000138. The molecule has 0 nitrogen and oxygen atoms in total. The van der Waals surface area contributed by atoms with Crippen LogP contribution >= 0.6 is 0 Å². The molecular weight excluding hydrogens is 132 g/mol. The molecule has 0 spiro atoms. The first-order valence-electron chi connectivity index (χ1n) is 4.70. The lowest BCUT2D eigenvalue weighted by Crippen LogP contribution is -1.97. The highest BCUT2D eigenvalue weighted by Gasteiger charge is 2.00. The molecule has 0 aromatic carbocycles. The van der Waals surface area contributed by atoms with Crippen molar-refractivity contribution >= 4 is 0 Å². The van der Waals surface area contributed by atoms with Crippen LogP contribution in [0.4, 0.5) is 0 Å². The third-order valence-electron chi connectivity index (χ3n) is 0.667. The molecule has 0 rings (SSSR count). The second-order valence-corrected chi connectivity index (χ2v) is 2.87. The summed E-state index contributed by atoms with van der Waals surface area (Å²) in [6.45, 7) is 16.6. The molecule has 0 heterocycles. The van der Waals surface area contributed by atoms with Gasteiger partial charge in [0, 0.05) is 0 Å². The molecule has 0 radical (unpaired) electrons. The van der Waals surface area contributed by atoms with E-state index in [0.29, 0.717) is 5.41 Å². The van der Waals surface area contributed by atoms with Crippen molar-refractivity contribution in [3.8, 4) is 0 Å². The van der Waals surface area contributed by atoms with Crippen LogP contribution in [0.5, 0.6) is 0 Å². The first-order valence-corrected chi connectivity index (χ1v) is 4.70. The number of allylic oxidation sites excluding steroid dienone is 2. The monoisotopic (exact) mass is 158 g/mol. The second-order valence-electron chi connectivity index (χ2n) is 2.87. The molecule has 0 aliphatic heterocycles. The van der Waals surface area contributed by atoms with Gasteiger partial charge < -0.3 is 0 Å². The van der Waals surface area contributed by atoms with Crippen molar-refractivity contribution in [2.75, 3.05) is 0 Å². The van der Waals surface area contributed by atoms with Crippen LogP contribution in [-0.2, 0) is 0 Å². The first-order chi connectivity index (χ1) is 5.06. The van der Waals surface area contributed by atoms with E-state index >= 15 is 0 Å². The third kappa shape index (κ3) is 41.7. The van der Waals surface area contributed by atoms with E-state index in [2.05, 4.69) is 32.9 Å². The first kappa shape index (κ1) is 17.0. The van der Waals surface area contributed by atoms with Gasteiger partial charge in [0.2, 0.25) is 0 Å². The Morgan fingerprint density at radius 1 is 0.818 bits per heavy atom. The number of hydrogen-bond acceptors (Lipinski definition) is 0. The Kier molecular flexibility index (Phi) is 19.2. The zero-order valence-electron chi connectivity index (χ0n) is 9.65. The topological polar surface area (TPSA) is 0 Å². The minimum Gasteiger partial charge on any atom is -0.0911 e. The summed E-state index contributed by atoms with van der Waals surface area (Å²) in [5.74, 6) is 0. The Morgan fingerprint density at radius 2 is 1.09 bits per heavy atom. The molecule has 0 aliphatic carbocycles. The Bertz CT molecular complexity index is 62.6. The average Bonchev–Trinajstić information content (AvgIpc) is 1.94. The van der Waals surface area contributed by atoms with Crippen LogP contribution in [0.15, 0.2) is 12.2 Å². The summed E-state index contributed by atoms with van der Waals surface area (Å²) in [7, 11) is 0. The van der Waals surface area contributed by atoms with E-state index in [4.69, 9.17) is 0 Å². The SMILES string of the molecule is C/C=C\C(C)(C)C.CC.CC. The third-order valence-corrected chi connectivity index (χ3v) is 0.667. The molecule has 0 aromatic heterocycles. The predicted octanol–water partition coefficient (Wildman–Crippen LogP) is 4.66. The lowest BCUT2D eigenvalue weighted by molar-refractivity contribution is 0.543. The van der Waals surface area contributed by atoms with Gasteiger partial charge in [-0.1, -0.05) is 60.6 Å². The molecule has 0 saturated heterocycles. The lowest BCUT2D eigenvalue weighted by Gasteiger charge is -2.09. The zero-order chi connectivity index (χ0) is 9.91. The quantitative estimate of drug-likeness (QED) is 0.450. The number of rotatable bonds is 0. The lowest BCUT2D eigenvalue weighted by atomic mass is 9.97. The molecule has 11 heavy (non-hydrogen) atoms. The van der Waals surface area contributed by atoms with Gasteiger partial charge in [-0.3, -0.25) is 0 Å². The summed E-state index contributed by atoms with van der Waals surface area (Å²) < 4.78 is 0. The van der Waals surface area contributed by atoms with Gasteiger partial charge in [-0.2, -0.15) is 0 Å². The van der Waals surface area contributed by atoms with Crippen LogP contribution < -0.4 is 0 Å². The van der Waals surface area contributed by atoms with Crippen molar-refractivity contribution in [1.29, 1.82) is 0 Å². The normalized spacial score (nSPS) is 9.45. The fraction of sp³-hybridized carbons (Fsp3) is 0.818. The highest BCUT2D eigenvalue weighted by molar-refractivity contribution is 4.88. The van der Waals surface area contributed by atoms with Gasteiger partial charge >= 0.3 is 0 Å². The van der Waals surface area contributed by atoms with Crippen LogP contribution in [0.3, 0.4) is 0 Å². The van der Waals surface area contributed by atoms with Gasteiger partial charge in [-0.05, 0) is 12.3 Å². The molecule has 70 valence electrons. The highest BCUT2D eigenvalue weighted by atomic mass is 14.1. The Hall–Kier alpha value is -0.260. The second kappa shape index (κ2) is 12.4. The van der Waals surface area contributed by atoms with Gasteiger partial charge in [0.25, 0.3) is 0 Å². The van der Waals surface area contributed by atoms with Gasteiger partial charge in [-0.15, -0.1) is 0 Å². The molecule has 0 N–H and O–H groups in total. The van der Waals surface area contributed by atoms with Gasteiger partial charge in [-0.25, -0.2) is 0 Å². The standard InChI is InChI=1S/C7H14.2C2H6/c1-5-6-7(2,3)4;2*1-2/h5-6H,1-4H3;2*1-2H3/b6-5-;;. The Morgan fingerprint density at radius 3 is 1.09 bits per heavy atom. The minimum absolute atomic E-state index is 0.370. The molecule has 0 unspecified atom stereocenters. The van der Waals surface area contributed by atoms with Crippen LogP contribution in [-0.4, -0.2) is 0 Å². The van der Waals surface area contributed by atoms with Crippen LogP contribution in [0, 0.1) is 5.41 Å². The molecule has 0 fully saturated rings. The molecule has 0 atom stereocenters. The fourth-order valence-electron chi connectivity index (χ4n) is 0.500. The maximum atomic E-state index is 2.19. The molecule has 0 saturated carbocycles. The van der Waals surface area contributed by atoms with Crippen LogP contribution in [0.2, 0.25) is 0 Å². The maximum absolute atomic E-state index is 2.19. The summed E-state index contributed by atoms with van der Waals surface area (Å²) in [6, 6.07) is 0. The highest BCUT2D eigenvalue weighted by Crippen LogP contribution is 2.13. The average molecular weight is 158 g/mol. The van der Waals surface area contributed by atoms with Crippen molar-refractivity contribution in [2.24, 2.45) is 5.41 Å². The summed E-state index contributed by atoms with van der Waals surface area (Å²) >= 11 is 0. The van der Waals surface area contributed by atoms with E-state index in [0.717, 1.165) is 0 Å². The maximum Gasteiger partial charge on any atom is -0.0203 e. The zero-order valence-corrected chi connectivity index (χ0v) is 9.65. The molecular formula is C11H26. The largest absolute Gasteiger partial charge is 0.0911 e. The van der Waals surface area contributed by atoms with Crippen molar-refractivity contribution in [3.05, 3.63) is 12.2 Å².